The molecule has 0 N–H and O–H groups in total. The summed E-state index contributed by atoms with van der Waals surface area (Å²) in [4.78, 5) is 9.34. The van der Waals surface area contributed by atoms with Crippen molar-refractivity contribution in [1.29, 1.82) is 5.26 Å². The third kappa shape index (κ3) is 2.23. The molecule has 0 atom stereocenters. The SMILES string of the molecule is Cc1cc(C#N)nc(Sc2ccoc2C)n1. The Labute approximate surface area is 97.3 Å². The van der Waals surface area contributed by atoms with Gasteiger partial charge in [-0.25, -0.2) is 9.97 Å². The zero-order chi connectivity index (χ0) is 11.5. The van der Waals surface area contributed by atoms with Gasteiger partial charge in [-0.15, -0.1) is 0 Å². The third-order valence-corrected chi connectivity index (χ3v) is 2.97. The minimum absolute atomic E-state index is 0.385. The molecule has 0 fully saturated rings. The summed E-state index contributed by atoms with van der Waals surface area (Å²) in [6, 6.07) is 5.53. The summed E-state index contributed by atoms with van der Waals surface area (Å²) in [5, 5.41) is 9.37. The highest BCUT2D eigenvalue weighted by molar-refractivity contribution is 7.99. The second-order valence-electron chi connectivity index (χ2n) is 3.23. The van der Waals surface area contributed by atoms with Crippen LogP contribution in [0.3, 0.4) is 0 Å². The van der Waals surface area contributed by atoms with E-state index in [2.05, 4.69) is 9.97 Å². The molecular weight excluding hydrogens is 222 g/mol. The number of nitriles is 1. The highest BCUT2D eigenvalue weighted by atomic mass is 32.2. The van der Waals surface area contributed by atoms with Gasteiger partial charge in [0, 0.05) is 5.69 Å². The first-order valence-corrected chi connectivity index (χ1v) is 5.48. The van der Waals surface area contributed by atoms with Gasteiger partial charge in [0.2, 0.25) is 0 Å². The van der Waals surface area contributed by atoms with E-state index in [1.54, 1.807) is 12.3 Å². The molecule has 4 nitrogen and oxygen atoms in total. The molecule has 0 saturated heterocycles. The van der Waals surface area contributed by atoms with Crippen LogP contribution in [-0.2, 0) is 0 Å². The van der Waals surface area contributed by atoms with Gasteiger partial charge >= 0.3 is 0 Å². The van der Waals surface area contributed by atoms with Crippen LogP contribution in [0.25, 0.3) is 0 Å². The van der Waals surface area contributed by atoms with E-state index < -0.39 is 0 Å². The molecule has 0 aromatic carbocycles. The summed E-state index contributed by atoms with van der Waals surface area (Å²) in [6.45, 7) is 3.72. The van der Waals surface area contributed by atoms with E-state index >= 15 is 0 Å². The van der Waals surface area contributed by atoms with E-state index in [0.29, 0.717) is 10.9 Å². The van der Waals surface area contributed by atoms with Gasteiger partial charge in [0.25, 0.3) is 0 Å². The van der Waals surface area contributed by atoms with Crippen molar-refractivity contribution in [2.75, 3.05) is 0 Å². The third-order valence-electron chi connectivity index (χ3n) is 1.96. The second-order valence-corrected chi connectivity index (χ2v) is 4.24. The number of nitrogens with zero attached hydrogens (tertiary/aromatic N) is 3. The highest BCUT2D eigenvalue weighted by Gasteiger charge is 2.07. The summed E-state index contributed by atoms with van der Waals surface area (Å²) < 4.78 is 5.18. The van der Waals surface area contributed by atoms with Crippen LogP contribution < -0.4 is 0 Å². The highest BCUT2D eigenvalue weighted by Crippen LogP contribution is 2.28. The average molecular weight is 231 g/mol. The van der Waals surface area contributed by atoms with Crippen molar-refractivity contribution in [3.8, 4) is 6.07 Å². The fourth-order valence-electron chi connectivity index (χ4n) is 1.22. The summed E-state index contributed by atoms with van der Waals surface area (Å²) in [5.74, 6) is 0.827. The van der Waals surface area contributed by atoms with Crippen LogP contribution in [0.15, 0.2) is 32.9 Å². The molecule has 0 radical (unpaired) electrons. The lowest BCUT2D eigenvalue weighted by atomic mass is 10.4. The van der Waals surface area contributed by atoms with Crippen molar-refractivity contribution < 1.29 is 4.42 Å². The summed E-state index contributed by atoms with van der Waals surface area (Å²) >= 11 is 1.40. The maximum atomic E-state index is 8.80. The van der Waals surface area contributed by atoms with Crippen molar-refractivity contribution in [1.82, 2.24) is 9.97 Å². The zero-order valence-electron chi connectivity index (χ0n) is 8.89. The van der Waals surface area contributed by atoms with E-state index in [-0.39, 0.29) is 0 Å². The number of aromatic nitrogens is 2. The van der Waals surface area contributed by atoms with Crippen LogP contribution in [0.1, 0.15) is 17.1 Å². The van der Waals surface area contributed by atoms with E-state index in [1.165, 1.54) is 11.8 Å². The molecule has 2 aromatic heterocycles. The molecule has 5 heteroatoms. The van der Waals surface area contributed by atoms with Crippen molar-refractivity contribution in [3.05, 3.63) is 35.5 Å². The lowest BCUT2D eigenvalue weighted by Crippen LogP contribution is -1.93. The van der Waals surface area contributed by atoms with E-state index in [9.17, 15) is 0 Å². The van der Waals surface area contributed by atoms with E-state index in [0.717, 1.165) is 16.3 Å². The van der Waals surface area contributed by atoms with E-state index in [4.69, 9.17) is 9.68 Å². The molecular formula is C11H9N3OS. The zero-order valence-corrected chi connectivity index (χ0v) is 9.71. The Morgan fingerprint density at radius 2 is 2.19 bits per heavy atom. The van der Waals surface area contributed by atoms with E-state index in [1.807, 2.05) is 26.0 Å². The van der Waals surface area contributed by atoms with Crippen molar-refractivity contribution in [3.63, 3.8) is 0 Å². The first-order valence-electron chi connectivity index (χ1n) is 4.67. The number of hydrogen-bond acceptors (Lipinski definition) is 5. The van der Waals surface area contributed by atoms with Crippen LogP contribution in [0, 0.1) is 25.2 Å². The number of furan rings is 1. The molecule has 0 aliphatic heterocycles. The largest absolute Gasteiger partial charge is 0.468 e. The molecule has 2 rings (SSSR count). The maximum Gasteiger partial charge on any atom is 0.194 e. The summed E-state index contributed by atoms with van der Waals surface area (Å²) in [6.07, 6.45) is 1.62. The Kier molecular flexibility index (Phi) is 2.93. The van der Waals surface area contributed by atoms with Crippen molar-refractivity contribution in [2.24, 2.45) is 0 Å². The monoisotopic (exact) mass is 231 g/mol. The molecule has 0 aliphatic carbocycles. The Balaban J connectivity index is 2.32. The Hall–Kier alpha value is -1.80. The Morgan fingerprint density at radius 1 is 1.38 bits per heavy atom. The van der Waals surface area contributed by atoms with Crippen LogP contribution in [0.2, 0.25) is 0 Å². The van der Waals surface area contributed by atoms with Crippen LogP contribution in [0.5, 0.6) is 0 Å². The predicted molar refractivity (Wildman–Crippen MR) is 59.1 cm³/mol. The molecule has 0 spiro atoms. The van der Waals surface area contributed by atoms with Gasteiger partial charge in [-0.05, 0) is 37.7 Å². The first-order chi connectivity index (χ1) is 7.69. The fourth-order valence-corrected chi connectivity index (χ4v) is 2.07. The molecule has 0 amide bonds. The van der Waals surface area contributed by atoms with Gasteiger partial charge in [0.1, 0.15) is 17.5 Å². The number of aryl methyl sites for hydroxylation is 2. The lowest BCUT2D eigenvalue weighted by molar-refractivity contribution is 0.527. The molecule has 16 heavy (non-hydrogen) atoms. The molecule has 0 unspecified atom stereocenters. The Morgan fingerprint density at radius 3 is 2.81 bits per heavy atom. The van der Waals surface area contributed by atoms with Crippen LogP contribution in [-0.4, -0.2) is 9.97 Å². The first kappa shape index (κ1) is 10.7. The predicted octanol–water partition coefficient (Wildman–Crippen LogP) is 2.71. The lowest BCUT2D eigenvalue weighted by Gasteiger charge is -2.00. The van der Waals surface area contributed by atoms with Gasteiger partial charge in [0.15, 0.2) is 5.16 Å². The van der Waals surface area contributed by atoms with Crippen LogP contribution in [0.4, 0.5) is 0 Å². The maximum absolute atomic E-state index is 8.80. The standard InChI is InChI=1S/C11H9N3OS/c1-7-5-9(6-12)14-11(13-7)16-10-3-4-15-8(10)2/h3-5H,1-2H3. The van der Waals surface area contributed by atoms with Crippen molar-refractivity contribution in [2.45, 2.75) is 23.9 Å². The molecule has 80 valence electrons. The van der Waals surface area contributed by atoms with Gasteiger partial charge < -0.3 is 4.42 Å². The summed E-state index contributed by atoms with van der Waals surface area (Å²) in [5.41, 5.74) is 1.17. The Bertz CT molecular complexity index is 557. The van der Waals surface area contributed by atoms with Gasteiger partial charge in [0.05, 0.1) is 11.2 Å². The average Bonchev–Trinajstić information content (AvgIpc) is 2.63. The molecule has 0 saturated carbocycles. The van der Waals surface area contributed by atoms with Gasteiger partial charge in [-0.3, -0.25) is 0 Å². The molecule has 0 bridgehead atoms. The van der Waals surface area contributed by atoms with Crippen molar-refractivity contribution >= 4 is 11.8 Å². The number of hydrogen-bond donors (Lipinski definition) is 0. The summed E-state index contributed by atoms with van der Waals surface area (Å²) in [7, 11) is 0. The normalized spacial score (nSPS) is 10.1. The smallest absolute Gasteiger partial charge is 0.194 e. The topological polar surface area (TPSA) is 62.7 Å². The minimum atomic E-state index is 0.385. The molecule has 0 aliphatic rings. The number of rotatable bonds is 2. The van der Waals surface area contributed by atoms with Gasteiger partial charge in [-0.2, -0.15) is 5.26 Å². The quantitative estimate of drug-likeness (QED) is 0.743. The minimum Gasteiger partial charge on any atom is -0.468 e. The molecule has 2 aromatic rings. The van der Waals surface area contributed by atoms with Crippen LogP contribution >= 0.6 is 11.8 Å². The fraction of sp³-hybridized carbons (Fsp3) is 0.182. The second kappa shape index (κ2) is 4.37. The molecule has 2 heterocycles. The van der Waals surface area contributed by atoms with Gasteiger partial charge in [-0.1, -0.05) is 0 Å².